The number of benzene rings is 4. The van der Waals surface area contributed by atoms with Gasteiger partial charge in [0.05, 0.1) is 21.8 Å². The number of halogens is 2. The highest BCUT2D eigenvalue weighted by Crippen LogP contribution is 2.32. The number of amides is 1. The number of nitrogens with zero attached hydrogens (tertiary/aromatic N) is 3. The van der Waals surface area contributed by atoms with E-state index in [9.17, 15) is 4.79 Å². The number of nitrogens with one attached hydrogen (secondary N) is 1. The Morgan fingerprint density at radius 2 is 1.40 bits per heavy atom. The van der Waals surface area contributed by atoms with Crippen molar-refractivity contribution in [3.63, 3.8) is 0 Å². The van der Waals surface area contributed by atoms with Gasteiger partial charge >= 0.3 is 0 Å². The molecular weight excluding hydrogens is 559 g/mol. The van der Waals surface area contributed by atoms with E-state index in [1.165, 1.54) is 0 Å². The predicted molar refractivity (Wildman–Crippen MR) is 164 cm³/mol. The summed E-state index contributed by atoms with van der Waals surface area (Å²) in [4.78, 5) is 12.9. The van der Waals surface area contributed by atoms with Gasteiger partial charge in [0.25, 0.3) is 0 Å². The van der Waals surface area contributed by atoms with Crippen molar-refractivity contribution < 1.29 is 4.79 Å². The Balaban J connectivity index is 1.22. The fraction of sp³-hybridized carbons (Fsp3) is 0.156. The van der Waals surface area contributed by atoms with Crippen LogP contribution in [-0.4, -0.2) is 26.4 Å². The first kappa shape index (κ1) is 28.0. The van der Waals surface area contributed by atoms with E-state index in [2.05, 4.69) is 15.5 Å². The smallest absolute Gasteiger partial charge is 0.220 e. The lowest BCUT2D eigenvalue weighted by Gasteiger charge is -2.20. The van der Waals surface area contributed by atoms with Gasteiger partial charge in [-0.15, -0.1) is 10.2 Å². The maximum atomic E-state index is 12.9. The van der Waals surface area contributed by atoms with Crippen LogP contribution in [0.15, 0.2) is 114 Å². The number of rotatable bonds is 11. The normalized spacial score (nSPS) is 11.1. The molecule has 0 aliphatic carbocycles. The highest BCUT2D eigenvalue weighted by molar-refractivity contribution is 7.99. The van der Waals surface area contributed by atoms with Crippen LogP contribution in [0.2, 0.25) is 10.0 Å². The molecule has 0 atom stereocenters. The largest absolute Gasteiger partial charge is 0.345 e. The molecule has 0 saturated carbocycles. The number of hydrogen-bond acceptors (Lipinski definition) is 4. The van der Waals surface area contributed by atoms with E-state index in [4.69, 9.17) is 23.2 Å². The van der Waals surface area contributed by atoms with E-state index in [1.807, 2.05) is 108 Å². The zero-order valence-corrected chi connectivity index (χ0v) is 24.0. The molecule has 40 heavy (non-hydrogen) atoms. The van der Waals surface area contributed by atoms with Crippen molar-refractivity contribution in [1.82, 2.24) is 20.1 Å². The van der Waals surface area contributed by atoms with Crippen molar-refractivity contribution in [3.05, 3.63) is 130 Å². The molecule has 0 bridgehead atoms. The second kappa shape index (κ2) is 13.7. The summed E-state index contributed by atoms with van der Waals surface area (Å²) in [7, 11) is 0. The Kier molecular flexibility index (Phi) is 9.55. The highest BCUT2D eigenvalue weighted by Gasteiger charge is 2.18. The third kappa shape index (κ3) is 6.94. The fourth-order valence-electron chi connectivity index (χ4n) is 4.43. The van der Waals surface area contributed by atoms with Crippen LogP contribution >= 0.6 is 35.0 Å². The fourth-order valence-corrected chi connectivity index (χ4v) is 5.67. The maximum Gasteiger partial charge on any atom is 0.220 e. The maximum absolute atomic E-state index is 12.9. The molecule has 1 heterocycles. The zero-order valence-electron chi connectivity index (χ0n) is 21.7. The van der Waals surface area contributed by atoms with E-state index < -0.39 is 0 Å². The van der Waals surface area contributed by atoms with Gasteiger partial charge in [-0.25, -0.2) is 0 Å². The highest BCUT2D eigenvalue weighted by atomic mass is 35.5. The number of carbonyl (C=O) groups is 1. The van der Waals surface area contributed by atoms with Crippen molar-refractivity contribution in [1.29, 1.82) is 0 Å². The molecule has 0 spiro atoms. The molecule has 1 aromatic heterocycles. The number of carbonyl (C=O) groups excluding carboxylic acids is 1. The number of thioether (sulfide) groups is 1. The second-order valence-corrected chi connectivity index (χ2v) is 11.1. The molecule has 5 rings (SSSR count). The summed E-state index contributed by atoms with van der Waals surface area (Å²) in [6, 6.07) is 35.4. The first-order valence-electron chi connectivity index (χ1n) is 13.1. The first-order chi connectivity index (χ1) is 19.6. The Hall–Kier alpha value is -3.58. The van der Waals surface area contributed by atoms with Gasteiger partial charge in [0.1, 0.15) is 0 Å². The summed E-state index contributed by atoms with van der Waals surface area (Å²) >= 11 is 14.1. The van der Waals surface area contributed by atoms with E-state index in [1.54, 1.807) is 17.8 Å². The summed E-state index contributed by atoms with van der Waals surface area (Å²) < 4.78 is 2.00. The minimum Gasteiger partial charge on any atom is -0.345 e. The SMILES string of the molecule is O=C(CCCCSc1nnc(-c2ccccc2)n1-c1ccc(Cl)c(Cl)c1)NC(c1ccccc1)c1ccccc1. The van der Waals surface area contributed by atoms with Gasteiger partial charge in [0, 0.05) is 17.7 Å². The summed E-state index contributed by atoms with van der Waals surface area (Å²) in [5.74, 6) is 1.56. The van der Waals surface area contributed by atoms with Crippen molar-refractivity contribution in [3.8, 4) is 17.1 Å². The van der Waals surface area contributed by atoms with Gasteiger partial charge in [0.2, 0.25) is 5.91 Å². The third-order valence-corrected chi connectivity index (χ3v) is 8.18. The summed E-state index contributed by atoms with van der Waals surface area (Å²) in [5, 5.41) is 13.9. The van der Waals surface area contributed by atoms with Crippen molar-refractivity contribution in [2.45, 2.75) is 30.5 Å². The quantitative estimate of drug-likeness (QED) is 0.125. The van der Waals surface area contributed by atoms with Crippen molar-refractivity contribution >= 4 is 40.9 Å². The topological polar surface area (TPSA) is 59.8 Å². The summed E-state index contributed by atoms with van der Waals surface area (Å²) in [6.07, 6.45) is 2.07. The van der Waals surface area contributed by atoms with Crippen LogP contribution in [0.5, 0.6) is 0 Å². The van der Waals surface area contributed by atoms with Crippen molar-refractivity contribution in [2.24, 2.45) is 0 Å². The average Bonchev–Trinajstić information content (AvgIpc) is 3.42. The van der Waals surface area contributed by atoms with Gasteiger partial charge in [-0.3, -0.25) is 9.36 Å². The van der Waals surface area contributed by atoms with Crippen LogP contribution in [0.1, 0.15) is 36.4 Å². The van der Waals surface area contributed by atoms with Gasteiger partial charge in [-0.05, 0) is 42.2 Å². The standard InChI is InChI=1S/C32H28Cl2N4OS/c33-27-20-19-26(22-28(27)34)38-31(25-16-8-3-9-17-25)36-37-32(38)40-21-11-10-18-29(39)35-30(23-12-4-1-5-13-23)24-14-6-2-7-15-24/h1-9,12-17,19-20,22,30H,10-11,18,21H2,(H,35,39). The minimum atomic E-state index is -0.176. The molecule has 4 aromatic carbocycles. The van der Waals surface area contributed by atoms with Gasteiger partial charge < -0.3 is 5.32 Å². The lowest BCUT2D eigenvalue weighted by molar-refractivity contribution is -0.121. The molecule has 202 valence electrons. The van der Waals surface area contributed by atoms with Crippen molar-refractivity contribution in [2.75, 3.05) is 5.75 Å². The molecule has 0 fully saturated rings. The molecule has 8 heteroatoms. The molecule has 5 aromatic rings. The molecule has 0 saturated heterocycles. The Bertz CT molecular complexity index is 1510. The predicted octanol–water partition coefficient (Wildman–Crippen LogP) is 8.41. The second-order valence-electron chi connectivity index (χ2n) is 9.23. The first-order valence-corrected chi connectivity index (χ1v) is 14.8. The molecular formula is C32H28Cl2N4OS. The number of unbranched alkanes of at least 4 members (excludes halogenated alkanes) is 1. The van der Waals surface area contributed by atoms with Crippen LogP contribution in [0.25, 0.3) is 17.1 Å². The summed E-state index contributed by atoms with van der Waals surface area (Å²) in [6.45, 7) is 0. The van der Waals surface area contributed by atoms with Gasteiger partial charge in [0.15, 0.2) is 11.0 Å². The Labute approximate surface area is 248 Å². The summed E-state index contributed by atoms with van der Waals surface area (Å²) in [5.41, 5.74) is 3.92. The van der Waals surface area contributed by atoms with Crippen LogP contribution < -0.4 is 5.32 Å². The molecule has 0 aliphatic rings. The van der Waals surface area contributed by atoms with E-state index in [0.29, 0.717) is 16.5 Å². The van der Waals surface area contributed by atoms with E-state index in [0.717, 1.165) is 52.0 Å². The third-order valence-electron chi connectivity index (χ3n) is 6.43. The lowest BCUT2D eigenvalue weighted by Crippen LogP contribution is -2.29. The number of hydrogen-bond donors (Lipinski definition) is 1. The van der Waals surface area contributed by atoms with Crippen LogP contribution in [-0.2, 0) is 4.79 Å². The van der Waals surface area contributed by atoms with Crippen LogP contribution in [0.4, 0.5) is 0 Å². The van der Waals surface area contributed by atoms with Crippen LogP contribution in [0, 0.1) is 0 Å². The van der Waals surface area contributed by atoms with Crippen LogP contribution in [0.3, 0.4) is 0 Å². The monoisotopic (exact) mass is 586 g/mol. The minimum absolute atomic E-state index is 0.0352. The average molecular weight is 588 g/mol. The van der Waals surface area contributed by atoms with E-state index in [-0.39, 0.29) is 11.9 Å². The Morgan fingerprint density at radius 3 is 2.02 bits per heavy atom. The van der Waals surface area contributed by atoms with Gasteiger partial charge in [-0.1, -0.05) is 126 Å². The molecule has 1 amide bonds. The molecule has 0 aliphatic heterocycles. The zero-order chi connectivity index (χ0) is 27.7. The molecule has 0 radical (unpaired) electrons. The lowest BCUT2D eigenvalue weighted by atomic mass is 9.98. The molecule has 0 unspecified atom stereocenters. The van der Waals surface area contributed by atoms with Gasteiger partial charge in [-0.2, -0.15) is 0 Å². The molecule has 5 nitrogen and oxygen atoms in total. The van der Waals surface area contributed by atoms with E-state index >= 15 is 0 Å². The Morgan fingerprint density at radius 1 is 0.775 bits per heavy atom. The number of aromatic nitrogens is 3. The molecule has 1 N–H and O–H groups in total.